The van der Waals surface area contributed by atoms with Gasteiger partial charge >= 0.3 is 0 Å². The number of anilines is 1. The van der Waals surface area contributed by atoms with Crippen LogP contribution in [0.4, 0.5) is 10.8 Å². The van der Waals surface area contributed by atoms with E-state index in [1.54, 1.807) is 41.8 Å². The van der Waals surface area contributed by atoms with Crippen molar-refractivity contribution in [1.29, 1.82) is 0 Å². The number of hydrogen-bond acceptors (Lipinski definition) is 6. The molecule has 0 aliphatic carbocycles. The molecular weight excluding hydrogens is 449 g/mol. The van der Waals surface area contributed by atoms with Gasteiger partial charge in [0.05, 0.1) is 15.6 Å². The SMILES string of the molecule is O=C(Nc1nc(-c2cccc([N+](=O)[O-])c2)cs1)c1ccc(-c2ccc(Cl)cc2Cl)o1. The average Bonchev–Trinajstić information content (AvgIpc) is 3.38. The lowest BCUT2D eigenvalue weighted by Gasteiger charge is -2.02. The maximum atomic E-state index is 12.5. The lowest BCUT2D eigenvalue weighted by atomic mass is 10.1. The van der Waals surface area contributed by atoms with Crippen LogP contribution in [0.3, 0.4) is 0 Å². The number of nitro benzene ring substituents is 1. The molecule has 0 bridgehead atoms. The van der Waals surface area contributed by atoms with Gasteiger partial charge in [-0.15, -0.1) is 11.3 Å². The minimum Gasteiger partial charge on any atom is -0.451 e. The molecule has 4 aromatic rings. The Labute approximate surface area is 184 Å². The van der Waals surface area contributed by atoms with Crippen LogP contribution in [0.25, 0.3) is 22.6 Å². The summed E-state index contributed by atoms with van der Waals surface area (Å²) < 4.78 is 5.62. The molecule has 2 heterocycles. The number of benzene rings is 2. The highest BCUT2D eigenvalue weighted by Gasteiger charge is 2.16. The molecule has 2 aromatic heterocycles. The fourth-order valence-electron chi connectivity index (χ4n) is 2.70. The number of non-ortho nitro benzene ring substituents is 1. The van der Waals surface area contributed by atoms with Gasteiger partial charge in [-0.3, -0.25) is 20.2 Å². The molecule has 4 rings (SSSR count). The van der Waals surface area contributed by atoms with Gasteiger partial charge in [0.2, 0.25) is 0 Å². The lowest BCUT2D eigenvalue weighted by molar-refractivity contribution is -0.384. The van der Waals surface area contributed by atoms with E-state index in [-0.39, 0.29) is 11.4 Å². The van der Waals surface area contributed by atoms with E-state index >= 15 is 0 Å². The van der Waals surface area contributed by atoms with Crippen LogP contribution in [0.15, 0.2) is 64.4 Å². The van der Waals surface area contributed by atoms with E-state index in [0.717, 1.165) is 0 Å². The summed E-state index contributed by atoms with van der Waals surface area (Å²) in [6.45, 7) is 0. The Bertz CT molecular complexity index is 1270. The predicted molar refractivity (Wildman–Crippen MR) is 116 cm³/mol. The summed E-state index contributed by atoms with van der Waals surface area (Å²) in [4.78, 5) is 27.3. The fourth-order valence-corrected chi connectivity index (χ4v) is 3.91. The van der Waals surface area contributed by atoms with Crippen LogP contribution in [0.5, 0.6) is 0 Å². The van der Waals surface area contributed by atoms with Gasteiger partial charge in [0.25, 0.3) is 11.6 Å². The Balaban J connectivity index is 1.51. The first kappa shape index (κ1) is 20.1. The van der Waals surface area contributed by atoms with Crippen molar-refractivity contribution in [3.8, 4) is 22.6 Å². The van der Waals surface area contributed by atoms with Gasteiger partial charge in [0.1, 0.15) is 5.76 Å². The van der Waals surface area contributed by atoms with Crippen LogP contribution in [-0.4, -0.2) is 15.8 Å². The number of nitrogens with one attached hydrogen (secondary N) is 1. The van der Waals surface area contributed by atoms with Crippen molar-refractivity contribution in [3.63, 3.8) is 0 Å². The third kappa shape index (κ3) is 4.20. The Kier molecular flexibility index (Phi) is 5.54. The maximum absolute atomic E-state index is 12.5. The van der Waals surface area contributed by atoms with E-state index in [4.69, 9.17) is 27.6 Å². The number of nitrogens with zero attached hydrogens (tertiary/aromatic N) is 2. The number of aromatic nitrogens is 1. The number of hydrogen-bond donors (Lipinski definition) is 1. The first-order chi connectivity index (χ1) is 14.4. The van der Waals surface area contributed by atoms with Gasteiger partial charge in [-0.05, 0) is 30.3 Å². The normalized spacial score (nSPS) is 10.7. The summed E-state index contributed by atoms with van der Waals surface area (Å²) in [6.07, 6.45) is 0. The van der Waals surface area contributed by atoms with E-state index in [1.807, 2.05) is 0 Å². The van der Waals surface area contributed by atoms with Crippen LogP contribution in [0, 0.1) is 10.1 Å². The quantitative estimate of drug-likeness (QED) is 0.269. The third-order valence-corrected chi connectivity index (χ3v) is 5.41. The molecule has 0 aliphatic rings. The molecule has 0 saturated carbocycles. The Morgan fingerprint density at radius 3 is 2.73 bits per heavy atom. The molecule has 30 heavy (non-hydrogen) atoms. The molecular formula is C20H11Cl2N3O4S. The summed E-state index contributed by atoms with van der Waals surface area (Å²) in [5, 5.41) is 16.5. The van der Waals surface area contributed by atoms with E-state index in [0.29, 0.717) is 37.8 Å². The van der Waals surface area contributed by atoms with Gasteiger partial charge in [-0.1, -0.05) is 35.3 Å². The maximum Gasteiger partial charge on any atom is 0.293 e. The molecule has 0 unspecified atom stereocenters. The standard InChI is InChI=1S/C20H11Cl2N3O4S/c21-12-4-5-14(15(22)9-12)17-6-7-18(29-17)19(26)24-20-23-16(10-30-20)11-2-1-3-13(8-11)25(27)28/h1-10H,(H,23,24,26). The Hall–Kier alpha value is -3.20. The molecule has 2 aromatic carbocycles. The number of carbonyl (C=O) groups excluding carboxylic acids is 1. The van der Waals surface area contributed by atoms with Gasteiger partial charge in [0.15, 0.2) is 10.9 Å². The van der Waals surface area contributed by atoms with Crippen molar-refractivity contribution in [2.75, 3.05) is 5.32 Å². The zero-order valence-electron chi connectivity index (χ0n) is 15.0. The molecule has 7 nitrogen and oxygen atoms in total. The Morgan fingerprint density at radius 1 is 1.13 bits per heavy atom. The highest BCUT2D eigenvalue weighted by Crippen LogP contribution is 2.32. The van der Waals surface area contributed by atoms with Crippen molar-refractivity contribution >= 4 is 51.3 Å². The van der Waals surface area contributed by atoms with Crippen LogP contribution in [-0.2, 0) is 0 Å². The smallest absolute Gasteiger partial charge is 0.293 e. The van der Waals surface area contributed by atoms with Crippen molar-refractivity contribution < 1.29 is 14.1 Å². The lowest BCUT2D eigenvalue weighted by Crippen LogP contribution is -2.10. The molecule has 0 fully saturated rings. The minimum absolute atomic E-state index is 0.0324. The summed E-state index contributed by atoms with van der Waals surface area (Å²) >= 11 is 13.3. The summed E-state index contributed by atoms with van der Waals surface area (Å²) in [5.41, 5.74) is 1.68. The Morgan fingerprint density at radius 2 is 1.97 bits per heavy atom. The zero-order valence-corrected chi connectivity index (χ0v) is 17.3. The molecule has 1 N–H and O–H groups in total. The second kappa shape index (κ2) is 8.27. The molecule has 1 amide bonds. The second-order valence-electron chi connectivity index (χ2n) is 6.09. The van der Waals surface area contributed by atoms with E-state index in [9.17, 15) is 14.9 Å². The number of furan rings is 1. The van der Waals surface area contributed by atoms with Crippen LogP contribution >= 0.6 is 34.5 Å². The molecule has 0 aliphatic heterocycles. The van der Waals surface area contributed by atoms with Crippen LogP contribution in [0.2, 0.25) is 10.0 Å². The molecule has 10 heteroatoms. The number of carbonyl (C=O) groups is 1. The van der Waals surface area contributed by atoms with Gasteiger partial charge in [0, 0.05) is 33.7 Å². The summed E-state index contributed by atoms with van der Waals surface area (Å²) in [6, 6.07) is 14.3. The molecule has 0 radical (unpaired) electrons. The monoisotopic (exact) mass is 459 g/mol. The van der Waals surface area contributed by atoms with Crippen molar-refractivity contribution in [1.82, 2.24) is 4.98 Å². The second-order valence-corrected chi connectivity index (χ2v) is 7.79. The minimum atomic E-state index is -0.480. The summed E-state index contributed by atoms with van der Waals surface area (Å²) in [7, 11) is 0. The number of nitro groups is 1. The number of rotatable bonds is 5. The number of amides is 1. The van der Waals surface area contributed by atoms with E-state index in [1.165, 1.54) is 29.5 Å². The molecule has 150 valence electrons. The van der Waals surface area contributed by atoms with E-state index in [2.05, 4.69) is 10.3 Å². The summed E-state index contributed by atoms with van der Waals surface area (Å²) in [5.74, 6) is 0.0348. The van der Waals surface area contributed by atoms with Crippen molar-refractivity contribution in [2.24, 2.45) is 0 Å². The van der Waals surface area contributed by atoms with E-state index < -0.39 is 10.8 Å². The molecule has 0 spiro atoms. The fraction of sp³-hybridized carbons (Fsp3) is 0. The van der Waals surface area contributed by atoms with Gasteiger partial charge in [-0.25, -0.2) is 4.98 Å². The third-order valence-electron chi connectivity index (χ3n) is 4.10. The highest BCUT2D eigenvalue weighted by atomic mass is 35.5. The first-order valence-electron chi connectivity index (χ1n) is 8.47. The van der Waals surface area contributed by atoms with Gasteiger partial charge in [-0.2, -0.15) is 0 Å². The molecule has 0 saturated heterocycles. The zero-order chi connectivity index (χ0) is 21.3. The largest absolute Gasteiger partial charge is 0.451 e. The van der Waals surface area contributed by atoms with Gasteiger partial charge < -0.3 is 4.42 Å². The topological polar surface area (TPSA) is 98.3 Å². The molecule has 0 atom stereocenters. The highest BCUT2D eigenvalue weighted by molar-refractivity contribution is 7.14. The van der Waals surface area contributed by atoms with Crippen molar-refractivity contribution in [3.05, 3.63) is 85.9 Å². The van der Waals surface area contributed by atoms with Crippen LogP contribution in [0.1, 0.15) is 10.6 Å². The van der Waals surface area contributed by atoms with Crippen LogP contribution < -0.4 is 5.32 Å². The average molecular weight is 460 g/mol. The number of thiazole rings is 1. The van der Waals surface area contributed by atoms with Crippen molar-refractivity contribution in [2.45, 2.75) is 0 Å². The number of halogens is 2. The first-order valence-corrected chi connectivity index (χ1v) is 10.1. The predicted octanol–water partition coefficient (Wildman–Crippen LogP) is 6.54.